The van der Waals surface area contributed by atoms with Crippen molar-refractivity contribution in [3.05, 3.63) is 36.1 Å². The van der Waals surface area contributed by atoms with Crippen LogP contribution in [0, 0.1) is 11.8 Å². The van der Waals surface area contributed by atoms with Crippen LogP contribution in [0.3, 0.4) is 0 Å². The van der Waals surface area contributed by atoms with E-state index >= 15 is 0 Å². The maximum Gasteiger partial charge on any atom is 0.289 e. The van der Waals surface area contributed by atoms with Crippen LogP contribution in [0.2, 0.25) is 0 Å². The summed E-state index contributed by atoms with van der Waals surface area (Å²) in [6, 6.07) is 9.62. The quantitative estimate of drug-likeness (QED) is 0.880. The van der Waals surface area contributed by atoms with Crippen molar-refractivity contribution in [2.75, 3.05) is 26.2 Å². The lowest BCUT2D eigenvalue weighted by molar-refractivity contribution is 0.0613. The standard InChI is InChI=1S/C16H18N2O2.ClH/c19-16(15-7-11-3-1-2-4-14(11)20-15)18-6-5-12-8-17-9-13(12)10-18;/h1-4,7,12-13,17H,5-6,8-10H2;1H. The van der Waals surface area contributed by atoms with Gasteiger partial charge < -0.3 is 14.6 Å². The summed E-state index contributed by atoms with van der Waals surface area (Å²) in [7, 11) is 0. The van der Waals surface area contributed by atoms with E-state index in [4.69, 9.17) is 4.42 Å². The number of amides is 1. The Morgan fingerprint density at radius 2 is 2.05 bits per heavy atom. The van der Waals surface area contributed by atoms with Crippen LogP contribution in [0.1, 0.15) is 17.0 Å². The highest BCUT2D eigenvalue weighted by Crippen LogP contribution is 2.28. The van der Waals surface area contributed by atoms with Crippen LogP contribution in [0.4, 0.5) is 0 Å². The van der Waals surface area contributed by atoms with E-state index in [9.17, 15) is 4.79 Å². The van der Waals surface area contributed by atoms with Gasteiger partial charge in [-0.05, 0) is 43.5 Å². The molecule has 112 valence electrons. The van der Waals surface area contributed by atoms with Gasteiger partial charge in [0.05, 0.1) is 0 Å². The normalized spacial score (nSPS) is 24.7. The monoisotopic (exact) mass is 306 g/mol. The Morgan fingerprint density at radius 3 is 2.90 bits per heavy atom. The van der Waals surface area contributed by atoms with Crippen molar-refractivity contribution in [1.29, 1.82) is 0 Å². The van der Waals surface area contributed by atoms with Crippen LogP contribution in [-0.4, -0.2) is 37.0 Å². The first-order valence-corrected chi connectivity index (χ1v) is 7.30. The highest BCUT2D eigenvalue weighted by molar-refractivity contribution is 5.96. The average molecular weight is 307 g/mol. The SMILES string of the molecule is Cl.O=C(c1cc2ccccc2o1)N1CCC2CNCC2C1. The summed E-state index contributed by atoms with van der Waals surface area (Å²) >= 11 is 0. The molecule has 0 saturated carbocycles. The summed E-state index contributed by atoms with van der Waals surface area (Å²) in [4.78, 5) is 14.5. The number of hydrogen-bond acceptors (Lipinski definition) is 3. The largest absolute Gasteiger partial charge is 0.451 e. The number of rotatable bonds is 1. The molecule has 0 bridgehead atoms. The molecule has 2 aromatic rings. The fourth-order valence-electron chi connectivity index (χ4n) is 3.46. The van der Waals surface area contributed by atoms with E-state index in [0.717, 1.165) is 49.5 Å². The zero-order valence-corrected chi connectivity index (χ0v) is 12.6. The van der Waals surface area contributed by atoms with Gasteiger partial charge in [0.25, 0.3) is 5.91 Å². The lowest BCUT2D eigenvalue weighted by Crippen LogP contribution is -2.43. The number of para-hydroxylation sites is 1. The number of halogens is 1. The van der Waals surface area contributed by atoms with Crippen LogP contribution < -0.4 is 5.32 Å². The summed E-state index contributed by atoms with van der Waals surface area (Å²) in [5.41, 5.74) is 0.785. The lowest BCUT2D eigenvalue weighted by Gasteiger charge is -2.33. The van der Waals surface area contributed by atoms with E-state index in [1.807, 2.05) is 35.2 Å². The van der Waals surface area contributed by atoms with Gasteiger partial charge >= 0.3 is 0 Å². The molecular weight excluding hydrogens is 288 g/mol. The minimum Gasteiger partial charge on any atom is -0.451 e. The van der Waals surface area contributed by atoms with Gasteiger partial charge in [-0.1, -0.05) is 18.2 Å². The Morgan fingerprint density at radius 1 is 1.24 bits per heavy atom. The first-order valence-electron chi connectivity index (χ1n) is 7.30. The third-order valence-electron chi connectivity index (χ3n) is 4.63. The number of likely N-dealkylation sites (tertiary alicyclic amines) is 1. The van der Waals surface area contributed by atoms with Gasteiger partial charge in [-0.25, -0.2) is 0 Å². The van der Waals surface area contributed by atoms with Crippen molar-refractivity contribution in [2.24, 2.45) is 11.8 Å². The number of piperidine rings is 1. The average Bonchev–Trinajstić information content (AvgIpc) is 3.11. The van der Waals surface area contributed by atoms with Crippen LogP contribution in [0.25, 0.3) is 11.0 Å². The topological polar surface area (TPSA) is 45.5 Å². The highest BCUT2D eigenvalue weighted by Gasteiger charge is 2.35. The molecule has 2 aliphatic heterocycles. The number of carbonyl (C=O) groups is 1. The predicted molar refractivity (Wildman–Crippen MR) is 83.8 cm³/mol. The highest BCUT2D eigenvalue weighted by atomic mass is 35.5. The van der Waals surface area contributed by atoms with Gasteiger partial charge in [-0.15, -0.1) is 12.4 Å². The second-order valence-electron chi connectivity index (χ2n) is 5.87. The number of fused-ring (bicyclic) bond motifs is 2. The van der Waals surface area contributed by atoms with Crippen molar-refractivity contribution in [3.63, 3.8) is 0 Å². The van der Waals surface area contributed by atoms with Crippen LogP contribution in [-0.2, 0) is 0 Å². The summed E-state index contributed by atoms with van der Waals surface area (Å²) in [6.45, 7) is 3.85. The second-order valence-corrected chi connectivity index (χ2v) is 5.87. The summed E-state index contributed by atoms with van der Waals surface area (Å²) < 4.78 is 5.69. The molecule has 0 aliphatic carbocycles. The van der Waals surface area contributed by atoms with Gasteiger partial charge in [-0.2, -0.15) is 0 Å². The number of furan rings is 1. The lowest BCUT2D eigenvalue weighted by atomic mass is 9.88. The molecule has 2 aliphatic rings. The Labute approximate surface area is 129 Å². The first kappa shape index (κ1) is 14.4. The van der Waals surface area contributed by atoms with Crippen molar-refractivity contribution < 1.29 is 9.21 Å². The zero-order chi connectivity index (χ0) is 13.5. The van der Waals surface area contributed by atoms with Crippen LogP contribution in [0.5, 0.6) is 0 Å². The molecule has 2 atom stereocenters. The van der Waals surface area contributed by atoms with Crippen molar-refractivity contribution >= 4 is 29.3 Å². The van der Waals surface area contributed by atoms with Crippen molar-refractivity contribution in [1.82, 2.24) is 10.2 Å². The van der Waals surface area contributed by atoms with E-state index in [0.29, 0.717) is 11.7 Å². The Bertz CT molecular complexity index is 622. The maximum atomic E-state index is 12.6. The molecule has 2 saturated heterocycles. The molecule has 1 N–H and O–H groups in total. The molecule has 21 heavy (non-hydrogen) atoms. The fourth-order valence-corrected chi connectivity index (χ4v) is 3.46. The van der Waals surface area contributed by atoms with Gasteiger partial charge in [0.15, 0.2) is 5.76 Å². The number of nitrogens with zero attached hydrogens (tertiary/aromatic N) is 1. The van der Waals surface area contributed by atoms with E-state index in [2.05, 4.69) is 5.32 Å². The molecule has 2 fully saturated rings. The molecular formula is C16H19ClN2O2. The third-order valence-corrected chi connectivity index (χ3v) is 4.63. The minimum absolute atomic E-state index is 0. The van der Waals surface area contributed by atoms with Gasteiger partial charge in [0.2, 0.25) is 0 Å². The third kappa shape index (κ3) is 2.54. The second kappa shape index (κ2) is 5.70. The molecule has 4 nitrogen and oxygen atoms in total. The first-order chi connectivity index (χ1) is 9.81. The Kier molecular flexibility index (Phi) is 3.91. The maximum absolute atomic E-state index is 12.6. The van der Waals surface area contributed by atoms with Crippen molar-refractivity contribution in [2.45, 2.75) is 6.42 Å². The van der Waals surface area contributed by atoms with Crippen LogP contribution >= 0.6 is 12.4 Å². The number of hydrogen-bond donors (Lipinski definition) is 1. The predicted octanol–water partition coefficient (Wildman–Crippen LogP) is 2.54. The smallest absolute Gasteiger partial charge is 0.289 e. The molecule has 4 rings (SSSR count). The summed E-state index contributed by atoms with van der Waals surface area (Å²) in [6.07, 6.45) is 1.10. The van der Waals surface area contributed by atoms with E-state index in [-0.39, 0.29) is 18.3 Å². The summed E-state index contributed by atoms with van der Waals surface area (Å²) in [5, 5.41) is 4.42. The molecule has 5 heteroatoms. The van der Waals surface area contributed by atoms with E-state index in [1.165, 1.54) is 0 Å². The molecule has 1 aromatic heterocycles. The number of carbonyl (C=O) groups excluding carboxylic acids is 1. The van der Waals surface area contributed by atoms with Gasteiger partial charge in [-0.3, -0.25) is 4.79 Å². The number of nitrogens with one attached hydrogen (secondary N) is 1. The minimum atomic E-state index is 0. The zero-order valence-electron chi connectivity index (χ0n) is 11.7. The molecule has 0 radical (unpaired) electrons. The number of benzene rings is 1. The molecule has 3 heterocycles. The summed E-state index contributed by atoms with van der Waals surface area (Å²) in [5.74, 6) is 1.86. The molecule has 1 amide bonds. The van der Waals surface area contributed by atoms with E-state index < -0.39 is 0 Å². The fraction of sp³-hybridized carbons (Fsp3) is 0.438. The van der Waals surface area contributed by atoms with Gasteiger partial charge in [0.1, 0.15) is 5.58 Å². The Balaban J connectivity index is 0.00000132. The Hall–Kier alpha value is -1.52. The van der Waals surface area contributed by atoms with E-state index in [1.54, 1.807) is 0 Å². The molecule has 1 aromatic carbocycles. The van der Waals surface area contributed by atoms with Crippen molar-refractivity contribution in [3.8, 4) is 0 Å². The van der Waals surface area contributed by atoms with Crippen LogP contribution in [0.15, 0.2) is 34.7 Å². The van der Waals surface area contributed by atoms with Gasteiger partial charge in [0, 0.05) is 18.5 Å². The molecule has 2 unspecified atom stereocenters. The molecule has 0 spiro atoms.